The van der Waals surface area contributed by atoms with Gasteiger partial charge in [-0.15, -0.1) is 11.3 Å². The number of benzene rings is 2. The molecule has 3 heterocycles. The maximum atomic E-state index is 13.0. The molecule has 0 N–H and O–H groups in total. The normalized spacial score (nSPS) is 11.1. The predicted molar refractivity (Wildman–Crippen MR) is 121 cm³/mol. The molecule has 0 atom stereocenters. The zero-order valence-corrected chi connectivity index (χ0v) is 18.1. The van der Waals surface area contributed by atoms with E-state index in [2.05, 4.69) is 15.1 Å². The van der Waals surface area contributed by atoms with E-state index in [0.717, 1.165) is 10.4 Å². The fraction of sp³-hybridized carbons (Fsp3) is 0.130. The highest BCUT2D eigenvalue weighted by Crippen LogP contribution is 2.32. The Morgan fingerprint density at radius 3 is 2.69 bits per heavy atom. The Bertz CT molecular complexity index is 1460. The average molecular weight is 446 g/mol. The van der Waals surface area contributed by atoms with Crippen LogP contribution in [0.1, 0.15) is 5.89 Å². The van der Waals surface area contributed by atoms with Crippen LogP contribution >= 0.6 is 11.3 Å². The Hall–Kier alpha value is -3.98. The van der Waals surface area contributed by atoms with Crippen LogP contribution in [-0.4, -0.2) is 33.9 Å². The van der Waals surface area contributed by atoms with Crippen molar-refractivity contribution in [2.75, 3.05) is 14.2 Å². The van der Waals surface area contributed by atoms with E-state index < -0.39 is 0 Å². The molecule has 5 aromatic rings. The van der Waals surface area contributed by atoms with Crippen LogP contribution in [0, 0.1) is 0 Å². The molecule has 0 aliphatic heterocycles. The van der Waals surface area contributed by atoms with Crippen molar-refractivity contribution >= 4 is 21.6 Å². The molecule has 0 aliphatic rings. The van der Waals surface area contributed by atoms with Crippen LogP contribution in [0.15, 0.2) is 70.2 Å². The van der Waals surface area contributed by atoms with Crippen molar-refractivity contribution in [2.24, 2.45) is 0 Å². The number of hydrogen-bond donors (Lipinski definition) is 0. The number of hydrogen-bond acceptors (Lipinski definition) is 8. The molecule has 0 fully saturated rings. The molecule has 9 heteroatoms. The first kappa shape index (κ1) is 20.0. The maximum Gasteiger partial charge on any atom is 0.262 e. The third-order valence-electron chi connectivity index (χ3n) is 5.00. The second kappa shape index (κ2) is 8.27. The van der Waals surface area contributed by atoms with Crippen molar-refractivity contribution in [3.8, 4) is 33.3 Å². The van der Waals surface area contributed by atoms with E-state index in [4.69, 9.17) is 14.0 Å². The van der Waals surface area contributed by atoms with Gasteiger partial charge >= 0.3 is 0 Å². The largest absolute Gasteiger partial charge is 0.497 e. The third-order valence-corrected chi connectivity index (χ3v) is 6.09. The molecule has 0 radical (unpaired) electrons. The average Bonchev–Trinajstić information content (AvgIpc) is 3.49. The van der Waals surface area contributed by atoms with Gasteiger partial charge in [-0.25, -0.2) is 4.98 Å². The van der Waals surface area contributed by atoms with E-state index in [1.807, 2.05) is 36.4 Å². The van der Waals surface area contributed by atoms with E-state index in [1.54, 1.807) is 32.4 Å². The summed E-state index contributed by atoms with van der Waals surface area (Å²) in [6.45, 7) is 0.115. The Kier molecular flexibility index (Phi) is 5.16. The first-order valence-corrected chi connectivity index (χ1v) is 10.6. The van der Waals surface area contributed by atoms with Gasteiger partial charge in [0.15, 0.2) is 0 Å². The summed E-state index contributed by atoms with van der Waals surface area (Å²) in [5.74, 6) is 1.87. The molecule has 8 nitrogen and oxygen atoms in total. The number of methoxy groups -OCH3 is 2. The lowest BCUT2D eigenvalue weighted by atomic mass is 10.2. The van der Waals surface area contributed by atoms with Crippen LogP contribution in [0.25, 0.3) is 32.0 Å². The Morgan fingerprint density at radius 1 is 1.06 bits per heavy atom. The SMILES string of the molecule is COc1ccc(-c2noc(Cn3cnc4sc(-c5ccccc5)cc4c3=O)n2)c(OC)c1. The van der Waals surface area contributed by atoms with E-state index in [-0.39, 0.29) is 12.1 Å². The van der Waals surface area contributed by atoms with E-state index in [1.165, 1.54) is 22.2 Å². The van der Waals surface area contributed by atoms with Gasteiger partial charge in [0.05, 0.1) is 31.5 Å². The summed E-state index contributed by atoms with van der Waals surface area (Å²) < 4.78 is 17.5. The number of aromatic nitrogens is 4. The number of fused-ring (bicyclic) bond motifs is 1. The Balaban J connectivity index is 1.45. The van der Waals surface area contributed by atoms with Gasteiger partial charge in [0.2, 0.25) is 11.7 Å². The molecular formula is C23H18N4O4S. The summed E-state index contributed by atoms with van der Waals surface area (Å²) in [5, 5.41) is 4.60. The van der Waals surface area contributed by atoms with E-state index in [0.29, 0.717) is 39.0 Å². The van der Waals surface area contributed by atoms with Gasteiger partial charge in [-0.05, 0) is 23.8 Å². The van der Waals surface area contributed by atoms with Crippen LogP contribution in [0.4, 0.5) is 0 Å². The minimum Gasteiger partial charge on any atom is -0.497 e. The molecule has 0 saturated carbocycles. The minimum atomic E-state index is -0.157. The fourth-order valence-electron chi connectivity index (χ4n) is 3.37. The molecule has 32 heavy (non-hydrogen) atoms. The molecule has 0 bridgehead atoms. The van der Waals surface area contributed by atoms with Crippen LogP contribution in [0.2, 0.25) is 0 Å². The molecule has 2 aromatic carbocycles. The highest BCUT2D eigenvalue weighted by molar-refractivity contribution is 7.21. The molecular weight excluding hydrogens is 428 g/mol. The molecule has 0 aliphatic carbocycles. The van der Waals surface area contributed by atoms with Crippen molar-refractivity contribution in [2.45, 2.75) is 6.54 Å². The van der Waals surface area contributed by atoms with Gasteiger partial charge in [0, 0.05) is 10.9 Å². The van der Waals surface area contributed by atoms with E-state index in [9.17, 15) is 4.79 Å². The predicted octanol–water partition coefficient (Wildman–Crippen LogP) is 4.24. The zero-order chi connectivity index (χ0) is 22.1. The van der Waals surface area contributed by atoms with Crippen LogP contribution in [0.3, 0.4) is 0 Å². The molecule has 0 unspecified atom stereocenters. The van der Waals surface area contributed by atoms with Gasteiger partial charge in [0.1, 0.15) is 22.9 Å². The second-order valence-corrected chi connectivity index (χ2v) is 7.98. The Labute approximate surface area is 186 Å². The van der Waals surface area contributed by atoms with Gasteiger partial charge in [-0.3, -0.25) is 9.36 Å². The summed E-state index contributed by atoms with van der Waals surface area (Å²) in [4.78, 5) is 23.6. The Morgan fingerprint density at radius 2 is 1.91 bits per heavy atom. The van der Waals surface area contributed by atoms with Crippen molar-refractivity contribution in [3.63, 3.8) is 0 Å². The van der Waals surface area contributed by atoms with Gasteiger partial charge in [-0.2, -0.15) is 4.98 Å². The summed E-state index contributed by atoms with van der Waals surface area (Å²) in [6, 6.07) is 17.1. The highest BCUT2D eigenvalue weighted by atomic mass is 32.1. The molecule has 0 saturated heterocycles. The second-order valence-electron chi connectivity index (χ2n) is 6.95. The topological polar surface area (TPSA) is 92.3 Å². The van der Waals surface area contributed by atoms with Crippen molar-refractivity contribution in [1.82, 2.24) is 19.7 Å². The monoisotopic (exact) mass is 446 g/mol. The lowest BCUT2D eigenvalue weighted by molar-refractivity contribution is 0.369. The van der Waals surface area contributed by atoms with Crippen LogP contribution in [-0.2, 0) is 6.54 Å². The lowest BCUT2D eigenvalue weighted by Crippen LogP contribution is -2.20. The zero-order valence-electron chi connectivity index (χ0n) is 17.3. The first-order chi connectivity index (χ1) is 15.7. The molecule has 160 valence electrons. The molecule has 0 spiro atoms. The number of rotatable bonds is 6. The first-order valence-electron chi connectivity index (χ1n) is 9.75. The van der Waals surface area contributed by atoms with Crippen LogP contribution < -0.4 is 15.0 Å². The highest BCUT2D eigenvalue weighted by Gasteiger charge is 2.16. The number of thiophene rings is 1. The van der Waals surface area contributed by atoms with Gasteiger partial charge < -0.3 is 14.0 Å². The molecule has 0 amide bonds. The fourth-order valence-corrected chi connectivity index (χ4v) is 4.37. The summed E-state index contributed by atoms with van der Waals surface area (Å²) >= 11 is 1.49. The van der Waals surface area contributed by atoms with E-state index >= 15 is 0 Å². The van der Waals surface area contributed by atoms with Gasteiger partial charge in [0.25, 0.3) is 5.56 Å². The summed E-state index contributed by atoms with van der Waals surface area (Å²) in [5.41, 5.74) is 1.56. The quantitative estimate of drug-likeness (QED) is 0.385. The van der Waals surface area contributed by atoms with Crippen molar-refractivity contribution in [1.29, 1.82) is 0 Å². The number of nitrogens with zero attached hydrogens (tertiary/aromatic N) is 4. The summed E-state index contributed by atoms with van der Waals surface area (Å²) in [7, 11) is 3.14. The maximum absolute atomic E-state index is 13.0. The lowest BCUT2D eigenvalue weighted by Gasteiger charge is -2.07. The number of ether oxygens (including phenoxy) is 2. The summed E-state index contributed by atoms with van der Waals surface area (Å²) in [6.07, 6.45) is 1.51. The molecule has 5 rings (SSSR count). The third kappa shape index (κ3) is 3.63. The van der Waals surface area contributed by atoms with Crippen molar-refractivity contribution < 1.29 is 14.0 Å². The smallest absolute Gasteiger partial charge is 0.262 e. The van der Waals surface area contributed by atoms with Crippen LogP contribution in [0.5, 0.6) is 11.5 Å². The standard InChI is InChI=1S/C23H18N4O4S/c1-29-15-8-9-16(18(10-15)30-2)21-25-20(31-26-21)12-27-13-24-22-17(23(27)28)11-19(32-22)14-6-4-3-5-7-14/h3-11,13H,12H2,1-2H3. The minimum absolute atomic E-state index is 0.115. The molecule has 3 aromatic heterocycles. The van der Waals surface area contributed by atoms with Gasteiger partial charge in [-0.1, -0.05) is 35.5 Å². The van der Waals surface area contributed by atoms with Crippen molar-refractivity contribution in [3.05, 3.63) is 77.2 Å².